The lowest BCUT2D eigenvalue weighted by molar-refractivity contribution is -0.146. The van der Waals surface area contributed by atoms with Gasteiger partial charge in [-0.1, -0.05) is 12.1 Å². The molecule has 0 spiro atoms. The minimum absolute atomic E-state index is 0.124. The van der Waals surface area contributed by atoms with Crippen LogP contribution in [0.2, 0.25) is 0 Å². The molecule has 0 fully saturated rings. The van der Waals surface area contributed by atoms with Crippen molar-refractivity contribution in [1.82, 2.24) is 0 Å². The van der Waals surface area contributed by atoms with Crippen molar-refractivity contribution in [3.63, 3.8) is 0 Å². The van der Waals surface area contributed by atoms with E-state index in [2.05, 4.69) is 0 Å². The molecule has 6 heteroatoms. The Morgan fingerprint density at radius 1 is 1.14 bits per heavy atom. The zero-order chi connectivity index (χ0) is 15.8. The largest absolute Gasteiger partial charge is 0.462 e. The Morgan fingerprint density at radius 2 is 1.67 bits per heavy atom. The molecule has 5 nitrogen and oxygen atoms in total. The first-order valence-electron chi connectivity index (χ1n) is 6.54. The molecule has 0 amide bonds. The average molecular weight is 295 g/mol. The summed E-state index contributed by atoms with van der Waals surface area (Å²) in [5.41, 5.74) is -0.0620. The third-order valence-corrected chi connectivity index (χ3v) is 2.55. The van der Waals surface area contributed by atoms with Gasteiger partial charge in [0.25, 0.3) is 0 Å². The number of nitrogens with zero attached hydrogens (tertiary/aromatic N) is 1. The predicted octanol–water partition coefficient (Wildman–Crippen LogP) is 2.27. The number of anilines is 1. The van der Waals surface area contributed by atoms with Crippen LogP contribution < -0.4 is 4.90 Å². The number of benzene rings is 1. The van der Waals surface area contributed by atoms with Crippen LogP contribution in [0.3, 0.4) is 0 Å². The monoisotopic (exact) mass is 295 g/mol. The molecule has 0 aliphatic rings. The predicted molar refractivity (Wildman–Crippen MR) is 76.2 cm³/mol. The van der Waals surface area contributed by atoms with E-state index in [0.717, 1.165) is 0 Å². The molecule has 0 atom stereocenters. The number of hydrogen-bond acceptors (Lipinski definition) is 5. The summed E-state index contributed by atoms with van der Waals surface area (Å²) in [6.45, 7) is 3.50. The van der Waals surface area contributed by atoms with Crippen LogP contribution in [0.4, 0.5) is 10.1 Å². The van der Waals surface area contributed by atoms with E-state index >= 15 is 0 Å². The summed E-state index contributed by atoms with van der Waals surface area (Å²) in [6.07, 6.45) is 1.20. The Hall–Kier alpha value is -2.37. The number of ether oxygens (including phenoxy) is 2. The van der Waals surface area contributed by atoms with Crippen molar-refractivity contribution >= 4 is 17.6 Å². The van der Waals surface area contributed by atoms with Crippen molar-refractivity contribution in [2.45, 2.75) is 13.8 Å². The van der Waals surface area contributed by atoms with Crippen LogP contribution in [0.5, 0.6) is 0 Å². The van der Waals surface area contributed by atoms with Gasteiger partial charge < -0.3 is 14.4 Å². The molecule has 1 aromatic carbocycles. The van der Waals surface area contributed by atoms with Crippen molar-refractivity contribution in [2.75, 3.05) is 25.2 Å². The standard InChI is InChI=1S/C15H18FNO4/c1-4-20-14(18)11(15(19)21-5-2)10-17(3)13-9-7-6-8-12(13)16/h6-10H,4-5H2,1-3H3. The van der Waals surface area contributed by atoms with Crippen molar-refractivity contribution < 1.29 is 23.5 Å². The molecule has 114 valence electrons. The quantitative estimate of drug-likeness (QED) is 0.349. The number of esters is 2. The lowest BCUT2D eigenvalue weighted by Gasteiger charge is -2.16. The molecule has 21 heavy (non-hydrogen) atoms. The molecule has 0 N–H and O–H groups in total. The van der Waals surface area contributed by atoms with Crippen molar-refractivity contribution in [3.8, 4) is 0 Å². The van der Waals surface area contributed by atoms with E-state index in [0.29, 0.717) is 0 Å². The van der Waals surface area contributed by atoms with Gasteiger partial charge in [0.2, 0.25) is 0 Å². The summed E-state index contributed by atoms with van der Waals surface area (Å²) < 4.78 is 23.3. The van der Waals surface area contributed by atoms with Crippen molar-refractivity contribution in [1.29, 1.82) is 0 Å². The van der Waals surface area contributed by atoms with Crippen LogP contribution in [0.1, 0.15) is 13.8 Å². The molecule has 1 aromatic rings. The highest BCUT2D eigenvalue weighted by Crippen LogP contribution is 2.18. The topological polar surface area (TPSA) is 55.8 Å². The zero-order valence-corrected chi connectivity index (χ0v) is 12.3. The minimum atomic E-state index is -0.806. The summed E-state index contributed by atoms with van der Waals surface area (Å²) in [5.74, 6) is -2.08. The first kappa shape index (κ1) is 16.7. The highest BCUT2D eigenvalue weighted by Gasteiger charge is 2.22. The first-order valence-corrected chi connectivity index (χ1v) is 6.54. The molecule has 1 rings (SSSR count). The van der Waals surface area contributed by atoms with Crippen molar-refractivity contribution in [3.05, 3.63) is 41.9 Å². The van der Waals surface area contributed by atoms with Gasteiger partial charge in [0.05, 0.1) is 18.9 Å². The van der Waals surface area contributed by atoms with Gasteiger partial charge in [0.1, 0.15) is 5.82 Å². The maximum absolute atomic E-state index is 13.7. The third kappa shape index (κ3) is 4.59. The van der Waals surface area contributed by atoms with E-state index in [-0.39, 0.29) is 24.5 Å². The SMILES string of the molecule is CCOC(=O)C(=CN(C)c1ccccc1F)C(=O)OCC. The highest BCUT2D eigenvalue weighted by atomic mass is 19.1. The molecule has 0 saturated heterocycles. The van der Waals surface area contributed by atoms with Gasteiger partial charge in [-0.3, -0.25) is 0 Å². The fourth-order valence-corrected chi connectivity index (χ4v) is 1.61. The molecule has 0 heterocycles. The lowest BCUT2D eigenvalue weighted by Crippen LogP contribution is -2.22. The Morgan fingerprint density at radius 3 is 2.14 bits per heavy atom. The number of rotatable bonds is 6. The van der Waals surface area contributed by atoms with Crippen LogP contribution >= 0.6 is 0 Å². The number of carbonyl (C=O) groups excluding carboxylic acids is 2. The molecule has 0 saturated carbocycles. The summed E-state index contributed by atoms with van der Waals surface area (Å²) in [7, 11) is 1.52. The van der Waals surface area contributed by atoms with Crippen molar-refractivity contribution in [2.24, 2.45) is 0 Å². The Labute approximate surface area is 123 Å². The average Bonchev–Trinajstić information content (AvgIpc) is 2.45. The van der Waals surface area contributed by atoms with Crippen LogP contribution in [-0.4, -0.2) is 32.2 Å². The molecule has 0 aliphatic heterocycles. The second kappa shape index (κ2) is 8.04. The summed E-state index contributed by atoms with van der Waals surface area (Å²) in [6, 6.07) is 6.01. The molecular weight excluding hydrogens is 277 g/mol. The van der Waals surface area contributed by atoms with Gasteiger partial charge >= 0.3 is 11.9 Å². The number of hydrogen-bond donors (Lipinski definition) is 0. The summed E-state index contributed by atoms with van der Waals surface area (Å²) >= 11 is 0. The molecule has 0 aliphatic carbocycles. The van der Waals surface area contributed by atoms with Crippen LogP contribution in [0.15, 0.2) is 36.0 Å². The maximum Gasteiger partial charge on any atom is 0.347 e. The van der Waals surface area contributed by atoms with Gasteiger partial charge in [-0.15, -0.1) is 0 Å². The number of para-hydroxylation sites is 1. The Bertz CT molecular complexity index is 522. The highest BCUT2D eigenvalue weighted by molar-refractivity contribution is 6.14. The maximum atomic E-state index is 13.7. The third-order valence-electron chi connectivity index (χ3n) is 2.55. The molecule has 0 unspecified atom stereocenters. The van der Waals surface area contributed by atoms with E-state index < -0.39 is 17.8 Å². The second-order valence-corrected chi connectivity index (χ2v) is 4.05. The Balaban J connectivity index is 3.09. The van der Waals surface area contributed by atoms with E-state index in [1.54, 1.807) is 26.0 Å². The fraction of sp³-hybridized carbons (Fsp3) is 0.333. The molecular formula is C15H18FNO4. The lowest BCUT2D eigenvalue weighted by atomic mass is 10.2. The van der Waals surface area contributed by atoms with Gasteiger partial charge in [0.15, 0.2) is 5.57 Å². The van der Waals surface area contributed by atoms with Gasteiger partial charge in [-0.2, -0.15) is 0 Å². The number of halogens is 1. The van der Waals surface area contributed by atoms with Gasteiger partial charge in [-0.05, 0) is 26.0 Å². The summed E-state index contributed by atoms with van der Waals surface area (Å²) in [4.78, 5) is 24.9. The summed E-state index contributed by atoms with van der Waals surface area (Å²) in [5, 5.41) is 0. The molecule has 0 radical (unpaired) electrons. The second-order valence-electron chi connectivity index (χ2n) is 4.05. The smallest absolute Gasteiger partial charge is 0.347 e. The molecule has 0 aromatic heterocycles. The fourth-order valence-electron chi connectivity index (χ4n) is 1.61. The van der Waals surface area contributed by atoms with Crippen LogP contribution in [-0.2, 0) is 19.1 Å². The van der Waals surface area contributed by atoms with E-state index in [4.69, 9.17) is 9.47 Å². The van der Waals surface area contributed by atoms with E-state index in [1.807, 2.05) is 0 Å². The van der Waals surface area contributed by atoms with Crippen LogP contribution in [0, 0.1) is 5.82 Å². The van der Waals surface area contributed by atoms with E-state index in [9.17, 15) is 14.0 Å². The Kier molecular flexibility index (Phi) is 6.39. The normalized spacial score (nSPS) is 9.71. The van der Waals surface area contributed by atoms with Crippen LogP contribution in [0.25, 0.3) is 0 Å². The van der Waals surface area contributed by atoms with Gasteiger partial charge in [0, 0.05) is 13.2 Å². The number of carbonyl (C=O) groups is 2. The molecule has 0 bridgehead atoms. The van der Waals surface area contributed by atoms with Gasteiger partial charge in [-0.25, -0.2) is 14.0 Å². The zero-order valence-electron chi connectivity index (χ0n) is 12.3. The minimum Gasteiger partial charge on any atom is -0.462 e. The van der Waals surface area contributed by atoms with E-state index in [1.165, 1.54) is 30.3 Å². The first-order chi connectivity index (χ1) is 10.0.